The number of carbonyl (C=O) groups excluding carboxylic acids is 1. The van der Waals surface area contributed by atoms with Crippen molar-refractivity contribution in [1.29, 1.82) is 0 Å². The Morgan fingerprint density at radius 1 is 1.77 bits per heavy atom. The lowest BCUT2D eigenvalue weighted by molar-refractivity contribution is 0.0922. The summed E-state index contributed by atoms with van der Waals surface area (Å²) in [5, 5.41) is 11.5. The maximum absolute atomic E-state index is 11.3. The molecule has 0 aliphatic carbocycles. The molecule has 0 spiro atoms. The molecule has 0 aliphatic heterocycles. The first-order valence-electron chi connectivity index (χ1n) is 4.11. The van der Waals surface area contributed by atoms with Gasteiger partial charge < -0.3 is 14.8 Å². The standard InChI is InChI=1S/C9H13NO3/c1-6(11)5-10-9(12)8-3-4-13-7(8)2/h3-4,6,11H,5H2,1-2H3,(H,10,12)/t6-/m0/s1. The topological polar surface area (TPSA) is 62.5 Å². The Balaban J connectivity index is 2.54. The molecule has 13 heavy (non-hydrogen) atoms. The molecule has 72 valence electrons. The van der Waals surface area contributed by atoms with E-state index in [0.717, 1.165) is 0 Å². The predicted octanol–water partition coefficient (Wildman–Crippen LogP) is 0.699. The smallest absolute Gasteiger partial charge is 0.254 e. The molecule has 0 aliphatic rings. The Labute approximate surface area is 76.6 Å². The normalized spacial score (nSPS) is 12.5. The summed E-state index contributed by atoms with van der Waals surface area (Å²) in [5.74, 6) is 0.371. The Bertz CT molecular complexity index is 291. The Kier molecular flexibility index (Phi) is 3.08. The second kappa shape index (κ2) is 4.09. The van der Waals surface area contributed by atoms with E-state index >= 15 is 0 Å². The molecular formula is C9H13NO3. The predicted molar refractivity (Wildman–Crippen MR) is 47.5 cm³/mol. The molecular weight excluding hydrogens is 170 g/mol. The summed E-state index contributed by atoms with van der Waals surface area (Å²) in [6.45, 7) is 3.59. The Morgan fingerprint density at radius 2 is 2.46 bits per heavy atom. The number of rotatable bonds is 3. The minimum absolute atomic E-state index is 0.216. The molecule has 0 aromatic carbocycles. The van der Waals surface area contributed by atoms with Crippen molar-refractivity contribution in [2.75, 3.05) is 6.54 Å². The van der Waals surface area contributed by atoms with E-state index in [1.807, 2.05) is 0 Å². The van der Waals surface area contributed by atoms with E-state index in [4.69, 9.17) is 9.52 Å². The van der Waals surface area contributed by atoms with Gasteiger partial charge in [0.05, 0.1) is 17.9 Å². The van der Waals surface area contributed by atoms with Gasteiger partial charge in [-0.3, -0.25) is 4.79 Å². The Morgan fingerprint density at radius 3 is 2.92 bits per heavy atom. The molecule has 0 radical (unpaired) electrons. The Hall–Kier alpha value is -1.29. The van der Waals surface area contributed by atoms with Crippen LogP contribution >= 0.6 is 0 Å². The quantitative estimate of drug-likeness (QED) is 0.725. The van der Waals surface area contributed by atoms with Crippen LogP contribution in [0.5, 0.6) is 0 Å². The number of aryl methyl sites for hydroxylation is 1. The maximum Gasteiger partial charge on any atom is 0.254 e. The number of nitrogens with one attached hydrogen (secondary N) is 1. The van der Waals surface area contributed by atoms with Gasteiger partial charge in [-0.2, -0.15) is 0 Å². The fourth-order valence-electron chi connectivity index (χ4n) is 0.956. The number of aliphatic hydroxyl groups is 1. The average molecular weight is 183 g/mol. The van der Waals surface area contributed by atoms with Crippen LogP contribution in [0.1, 0.15) is 23.0 Å². The molecule has 4 heteroatoms. The summed E-state index contributed by atoms with van der Waals surface area (Å²) in [5.41, 5.74) is 0.514. The van der Waals surface area contributed by atoms with Crippen LogP contribution in [0, 0.1) is 6.92 Å². The summed E-state index contributed by atoms with van der Waals surface area (Å²) in [6.07, 6.45) is 0.934. The molecule has 0 saturated carbocycles. The van der Waals surface area contributed by atoms with Gasteiger partial charge in [-0.05, 0) is 19.9 Å². The molecule has 0 fully saturated rings. The van der Waals surface area contributed by atoms with Crippen LogP contribution in [0.3, 0.4) is 0 Å². The highest BCUT2D eigenvalue weighted by Gasteiger charge is 2.10. The van der Waals surface area contributed by atoms with Crippen molar-refractivity contribution in [3.8, 4) is 0 Å². The molecule has 0 unspecified atom stereocenters. The van der Waals surface area contributed by atoms with Gasteiger partial charge in [0, 0.05) is 6.54 Å². The van der Waals surface area contributed by atoms with E-state index in [1.54, 1.807) is 19.9 Å². The molecule has 1 atom stereocenters. The maximum atomic E-state index is 11.3. The monoisotopic (exact) mass is 183 g/mol. The number of amides is 1. The van der Waals surface area contributed by atoms with Crippen molar-refractivity contribution in [2.45, 2.75) is 20.0 Å². The highest BCUT2D eigenvalue weighted by molar-refractivity contribution is 5.95. The highest BCUT2D eigenvalue weighted by atomic mass is 16.3. The third-order valence-corrected chi connectivity index (χ3v) is 1.66. The number of hydrogen-bond acceptors (Lipinski definition) is 3. The van der Waals surface area contributed by atoms with Crippen molar-refractivity contribution >= 4 is 5.91 Å². The lowest BCUT2D eigenvalue weighted by Crippen LogP contribution is -2.30. The van der Waals surface area contributed by atoms with Gasteiger partial charge in [-0.25, -0.2) is 0 Å². The van der Waals surface area contributed by atoms with Gasteiger partial charge in [0.25, 0.3) is 5.91 Å². The van der Waals surface area contributed by atoms with E-state index in [-0.39, 0.29) is 12.5 Å². The van der Waals surface area contributed by atoms with E-state index < -0.39 is 6.10 Å². The van der Waals surface area contributed by atoms with Gasteiger partial charge >= 0.3 is 0 Å². The lowest BCUT2D eigenvalue weighted by atomic mass is 10.2. The number of carbonyl (C=O) groups is 1. The molecule has 2 N–H and O–H groups in total. The van der Waals surface area contributed by atoms with Crippen LogP contribution in [0.2, 0.25) is 0 Å². The molecule has 0 saturated heterocycles. The molecule has 1 rings (SSSR count). The van der Waals surface area contributed by atoms with Gasteiger partial charge in [0.2, 0.25) is 0 Å². The van der Waals surface area contributed by atoms with Crippen LogP contribution in [-0.4, -0.2) is 23.7 Å². The molecule has 1 aromatic heterocycles. The van der Waals surface area contributed by atoms with Gasteiger partial charge in [-0.15, -0.1) is 0 Å². The summed E-state index contributed by atoms with van der Waals surface area (Å²) in [6, 6.07) is 1.60. The minimum atomic E-state index is -0.531. The second-order valence-electron chi connectivity index (χ2n) is 2.95. The zero-order valence-electron chi connectivity index (χ0n) is 7.70. The van der Waals surface area contributed by atoms with Crippen LogP contribution in [0.4, 0.5) is 0 Å². The summed E-state index contributed by atoms with van der Waals surface area (Å²) < 4.78 is 4.97. The summed E-state index contributed by atoms with van der Waals surface area (Å²) >= 11 is 0. The van der Waals surface area contributed by atoms with Crippen LogP contribution < -0.4 is 5.32 Å². The van der Waals surface area contributed by atoms with E-state index in [9.17, 15) is 4.79 Å². The summed E-state index contributed by atoms with van der Waals surface area (Å²) in [4.78, 5) is 11.3. The number of aliphatic hydroxyl groups excluding tert-OH is 1. The van der Waals surface area contributed by atoms with Crippen molar-refractivity contribution in [3.05, 3.63) is 23.7 Å². The fourth-order valence-corrected chi connectivity index (χ4v) is 0.956. The van der Waals surface area contributed by atoms with Crippen molar-refractivity contribution in [1.82, 2.24) is 5.32 Å². The van der Waals surface area contributed by atoms with E-state index in [2.05, 4.69) is 5.32 Å². The van der Waals surface area contributed by atoms with Gasteiger partial charge in [-0.1, -0.05) is 0 Å². The SMILES string of the molecule is Cc1occc1C(=O)NC[C@H](C)O. The average Bonchev–Trinajstić information content (AvgIpc) is 2.47. The van der Waals surface area contributed by atoms with E-state index in [0.29, 0.717) is 11.3 Å². The first-order chi connectivity index (χ1) is 6.11. The van der Waals surface area contributed by atoms with Crippen molar-refractivity contribution in [3.63, 3.8) is 0 Å². The lowest BCUT2D eigenvalue weighted by Gasteiger charge is -2.05. The first kappa shape index (κ1) is 9.80. The van der Waals surface area contributed by atoms with E-state index in [1.165, 1.54) is 6.26 Å². The zero-order chi connectivity index (χ0) is 9.84. The summed E-state index contributed by atoms with van der Waals surface area (Å²) in [7, 11) is 0. The molecule has 1 aromatic rings. The van der Waals surface area contributed by atoms with Gasteiger partial charge in [0.1, 0.15) is 5.76 Å². The zero-order valence-corrected chi connectivity index (χ0v) is 7.70. The number of furan rings is 1. The largest absolute Gasteiger partial charge is 0.469 e. The third-order valence-electron chi connectivity index (χ3n) is 1.66. The molecule has 4 nitrogen and oxygen atoms in total. The molecule has 1 heterocycles. The number of hydrogen-bond donors (Lipinski definition) is 2. The van der Waals surface area contributed by atoms with Crippen LogP contribution in [-0.2, 0) is 0 Å². The molecule has 0 bridgehead atoms. The second-order valence-corrected chi connectivity index (χ2v) is 2.95. The highest BCUT2D eigenvalue weighted by Crippen LogP contribution is 2.07. The first-order valence-corrected chi connectivity index (χ1v) is 4.11. The third kappa shape index (κ3) is 2.59. The van der Waals surface area contributed by atoms with Gasteiger partial charge in [0.15, 0.2) is 0 Å². The van der Waals surface area contributed by atoms with Crippen LogP contribution in [0.25, 0.3) is 0 Å². The van der Waals surface area contributed by atoms with Crippen LogP contribution in [0.15, 0.2) is 16.7 Å². The van der Waals surface area contributed by atoms with Crippen molar-refractivity contribution in [2.24, 2.45) is 0 Å². The minimum Gasteiger partial charge on any atom is -0.469 e. The molecule has 1 amide bonds. The van der Waals surface area contributed by atoms with Crippen molar-refractivity contribution < 1.29 is 14.3 Å². The fraction of sp³-hybridized carbons (Fsp3) is 0.444.